The second-order valence-electron chi connectivity index (χ2n) is 4.64. The Kier molecular flexibility index (Phi) is 5.01. The second-order valence-corrected chi connectivity index (χ2v) is 4.64. The first-order valence-electron chi connectivity index (χ1n) is 6.25. The molecule has 0 spiro atoms. The molecule has 1 rings (SSSR count). The number of carbonyl (C=O) groups excluding carboxylic acids is 1. The zero-order valence-corrected chi connectivity index (χ0v) is 11.5. The molecular formula is C14H22N2O2. The summed E-state index contributed by atoms with van der Waals surface area (Å²) in [5.74, 6) is 0.932. The summed E-state index contributed by atoms with van der Waals surface area (Å²) in [7, 11) is 0. The molecule has 4 heteroatoms. The predicted octanol–water partition coefficient (Wildman–Crippen LogP) is 2.22. The molecule has 1 aromatic rings. The lowest BCUT2D eigenvalue weighted by molar-refractivity contribution is -0.123. The van der Waals surface area contributed by atoms with Gasteiger partial charge in [0.1, 0.15) is 5.75 Å². The number of nitrogens with one attached hydrogen (secondary N) is 1. The molecule has 1 amide bonds. The van der Waals surface area contributed by atoms with Crippen LogP contribution in [0.1, 0.15) is 37.8 Å². The van der Waals surface area contributed by atoms with Gasteiger partial charge in [-0.25, -0.2) is 0 Å². The quantitative estimate of drug-likeness (QED) is 0.787. The number of benzene rings is 1. The number of hydrogen-bond donors (Lipinski definition) is 2. The van der Waals surface area contributed by atoms with Gasteiger partial charge in [-0.2, -0.15) is 0 Å². The van der Waals surface area contributed by atoms with Gasteiger partial charge >= 0.3 is 0 Å². The van der Waals surface area contributed by atoms with Crippen LogP contribution in [0.15, 0.2) is 12.1 Å². The Balaban J connectivity index is 2.86. The van der Waals surface area contributed by atoms with Gasteiger partial charge in [-0.3, -0.25) is 4.79 Å². The van der Waals surface area contributed by atoms with Crippen molar-refractivity contribution in [3.63, 3.8) is 0 Å². The van der Waals surface area contributed by atoms with E-state index in [2.05, 4.69) is 19.2 Å². The average Bonchev–Trinajstić information content (AvgIpc) is 2.30. The Labute approximate surface area is 109 Å². The highest BCUT2D eigenvalue weighted by Gasteiger charge is 2.11. The van der Waals surface area contributed by atoms with Crippen LogP contribution >= 0.6 is 0 Å². The van der Waals surface area contributed by atoms with Crippen LogP contribution in [0.4, 0.5) is 5.69 Å². The lowest BCUT2D eigenvalue weighted by Crippen LogP contribution is -2.28. The molecule has 0 saturated carbocycles. The van der Waals surface area contributed by atoms with E-state index in [9.17, 15) is 4.79 Å². The fourth-order valence-electron chi connectivity index (χ4n) is 1.68. The van der Waals surface area contributed by atoms with Crippen molar-refractivity contribution in [1.29, 1.82) is 0 Å². The fourth-order valence-corrected chi connectivity index (χ4v) is 1.68. The summed E-state index contributed by atoms with van der Waals surface area (Å²) >= 11 is 0. The molecule has 0 fully saturated rings. The summed E-state index contributed by atoms with van der Waals surface area (Å²) in [6.45, 7) is 8.60. The third kappa shape index (κ3) is 3.65. The summed E-state index contributed by atoms with van der Waals surface area (Å²) in [4.78, 5) is 11.4. The van der Waals surface area contributed by atoms with Crippen LogP contribution in [0.2, 0.25) is 0 Å². The zero-order valence-electron chi connectivity index (χ0n) is 11.5. The van der Waals surface area contributed by atoms with Crippen molar-refractivity contribution in [3.8, 4) is 5.75 Å². The van der Waals surface area contributed by atoms with Crippen molar-refractivity contribution in [3.05, 3.63) is 23.3 Å². The van der Waals surface area contributed by atoms with Gasteiger partial charge in [0.15, 0.2) is 6.61 Å². The van der Waals surface area contributed by atoms with Crippen LogP contribution in [0.25, 0.3) is 0 Å². The molecule has 0 unspecified atom stereocenters. The van der Waals surface area contributed by atoms with Gasteiger partial charge in [-0.05, 0) is 43.0 Å². The Hall–Kier alpha value is -1.71. The maximum Gasteiger partial charge on any atom is 0.257 e. The number of ether oxygens (including phenoxy) is 1. The molecule has 0 saturated heterocycles. The molecule has 18 heavy (non-hydrogen) atoms. The molecule has 0 aliphatic heterocycles. The summed E-state index contributed by atoms with van der Waals surface area (Å²) in [5.41, 5.74) is 8.64. The first kappa shape index (κ1) is 14.4. The number of hydrogen-bond acceptors (Lipinski definition) is 3. The number of nitrogens with two attached hydrogens (primary N) is 1. The largest absolute Gasteiger partial charge is 0.483 e. The highest BCUT2D eigenvalue weighted by Crippen LogP contribution is 2.30. The SMILES string of the molecule is CCNC(=O)COc1cc(C)c(N)cc1C(C)C. The average molecular weight is 250 g/mol. The van der Waals surface area contributed by atoms with Crippen LogP contribution in [0.3, 0.4) is 0 Å². The van der Waals surface area contributed by atoms with Crippen molar-refractivity contribution in [1.82, 2.24) is 5.32 Å². The van der Waals surface area contributed by atoms with Crippen LogP contribution in [0.5, 0.6) is 5.75 Å². The van der Waals surface area contributed by atoms with Gasteiger partial charge < -0.3 is 15.8 Å². The van der Waals surface area contributed by atoms with Gasteiger partial charge in [0.2, 0.25) is 0 Å². The number of likely N-dealkylation sites (N-methyl/N-ethyl adjacent to an activating group) is 1. The molecule has 0 radical (unpaired) electrons. The monoisotopic (exact) mass is 250 g/mol. The molecule has 4 nitrogen and oxygen atoms in total. The highest BCUT2D eigenvalue weighted by molar-refractivity contribution is 5.77. The Bertz CT molecular complexity index is 428. The van der Waals surface area contributed by atoms with E-state index in [-0.39, 0.29) is 12.5 Å². The number of rotatable bonds is 5. The van der Waals surface area contributed by atoms with E-state index in [0.717, 1.165) is 22.6 Å². The summed E-state index contributed by atoms with van der Waals surface area (Å²) in [6, 6.07) is 3.82. The number of anilines is 1. The van der Waals surface area contributed by atoms with Crippen molar-refractivity contribution < 1.29 is 9.53 Å². The molecular weight excluding hydrogens is 228 g/mol. The Morgan fingerprint density at radius 2 is 2.11 bits per heavy atom. The summed E-state index contributed by atoms with van der Waals surface area (Å²) in [5, 5.41) is 2.70. The van der Waals surface area contributed by atoms with Gasteiger partial charge in [-0.1, -0.05) is 13.8 Å². The van der Waals surface area contributed by atoms with Crippen LogP contribution < -0.4 is 15.8 Å². The lowest BCUT2D eigenvalue weighted by Gasteiger charge is -2.16. The maximum atomic E-state index is 11.4. The lowest BCUT2D eigenvalue weighted by atomic mass is 9.99. The molecule has 1 aromatic carbocycles. The molecule has 0 aliphatic rings. The van der Waals surface area contributed by atoms with E-state index in [1.54, 1.807) is 0 Å². The van der Waals surface area contributed by atoms with Crippen LogP contribution in [-0.2, 0) is 4.79 Å². The first-order chi connectivity index (χ1) is 8.45. The van der Waals surface area contributed by atoms with Gasteiger partial charge in [0.05, 0.1) is 0 Å². The molecule has 100 valence electrons. The molecule has 0 heterocycles. The summed E-state index contributed by atoms with van der Waals surface area (Å²) < 4.78 is 5.58. The Morgan fingerprint density at radius 1 is 1.44 bits per heavy atom. The molecule has 3 N–H and O–H groups in total. The van der Waals surface area contributed by atoms with E-state index >= 15 is 0 Å². The number of carbonyl (C=O) groups is 1. The minimum absolute atomic E-state index is 0.0386. The first-order valence-corrected chi connectivity index (χ1v) is 6.25. The van der Waals surface area contributed by atoms with Crippen molar-refractivity contribution in [2.24, 2.45) is 0 Å². The van der Waals surface area contributed by atoms with E-state index < -0.39 is 0 Å². The van der Waals surface area contributed by atoms with Gasteiger partial charge in [0, 0.05) is 12.2 Å². The molecule has 0 aromatic heterocycles. The standard InChI is InChI=1S/C14H22N2O2/c1-5-16-14(17)8-18-13-6-10(4)12(15)7-11(13)9(2)3/h6-7,9H,5,8,15H2,1-4H3,(H,16,17). The molecule has 0 atom stereocenters. The third-order valence-electron chi connectivity index (χ3n) is 2.75. The molecule has 0 aliphatic carbocycles. The van der Waals surface area contributed by atoms with E-state index in [0.29, 0.717) is 12.5 Å². The number of amides is 1. The number of nitrogen functional groups attached to an aromatic ring is 1. The van der Waals surface area contributed by atoms with E-state index in [1.807, 2.05) is 26.0 Å². The highest BCUT2D eigenvalue weighted by atomic mass is 16.5. The third-order valence-corrected chi connectivity index (χ3v) is 2.75. The van der Waals surface area contributed by atoms with Crippen LogP contribution in [0, 0.1) is 6.92 Å². The smallest absolute Gasteiger partial charge is 0.257 e. The van der Waals surface area contributed by atoms with Crippen molar-refractivity contribution in [2.75, 3.05) is 18.9 Å². The number of aryl methyl sites for hydroxylation is 1. The van der Waals surface area contributed by atoms with Gasteiger partial charge in [0.25, 0.3) is 5.91 Å². The maximum absolute atomic E-state index is 11.4. The second kappa shape index (κ2) is 6.28. The van der Waals surface area contributed by atoms with E-state index in [4.69, 9.17) is 10.5 Å². The van der Waals surface area contributed by atoms with Crippen molar-refractivity contribution in [2.45, 2.75) is 33.6 Å². The van der Waals surface area contributed by atoms with Gasteiger partial charge in [-0.15, -0.1) is 0 Å². The minimum Gasteiger partial charge on any atom is -0.483 e. The normalized spacial score (nSPS) is 10.5. The molecule has 0 bridgehead atoms. The minimum atomic E-state index is -0.110. The van der Waals surface area contributed by atoms with Crippen molar-refractivity contribution >= 4 is 11.6 Å². The fraction of sp³-hybridized carbons (Fsp3) is 0.500. The van der Waals surface area contributed by atoms with Crippen LogP contribution in [-0.4, -0.2) is 19.1 Å². The summed E-state index contributed by atoms with van der Waals surface area (Å²) in [6.07, 6.45) is 0. The zero-order chi connectivity index (χ0) is 13.7. The predicted molar refractivity (Wildman–Crippen MR) is 73.9 cm³/mol. The Morgan fingerprint density at radius 3 is 2.67 bits per heavy atom. The topological polar surface area (TPSA) is 64.3 Å². The van der Waals surface area contributed by atoms with E-state index in [1.165, 1.54) is 0 Å².